The molecule has 60 valence electrons. The molecule has 0 rings (SSSR count). The highest BCUT2D eigenvalue weighted by molar-refractivity contribution is 7.93. The van der Waals surface area contributed by atoms with Gasteiger partial charge in [-0.05, 0) is 0 Å². The number of carbonyl (C=O) groups excluding carboxylic acids is 1. The van der Waals surface area contributed by atoms with E-state index in [0.29, 0.717) is 0 Å². The Morgan fingerprint density at radius 3 is 2.50 bits per heavy atom. The summed E-state index contributed by atoms with van der Waals surface area (Å²) in [5.74, 6) is -0.395. The van der Waals surface area contributed by atoms with E-state index < -0.39 is 15.6 Å². The van der Waals surface area contributed by atoms with E-state index in [1.807, 2.05) is 0 Å². The van der Waals surface area contributed by atoms with Crippen molar-refractivity contribution in [1.29, 1.82) is 0 Å². The zero-order valence-electron chi connectivity index (χ0n) is 6.03. The summed E-state index contributed by atoms with van der Waals surface area (Å²) >= 11 is 0. The number of hydrogen-bond acceptors (Lipinski definition) is 3. The number of rotatable bonds is 2. The van der Waals surface area contributed by atoms with Gasteiger partial charge >= 0.3 is 0 Å². The maximum atomic E-state index is 11.0. The van der Waals surface area contributed by atoms with Gasteiger partial charge in [0.05, 0.1) is 22.1 Å². The van der Waals surface area contributed by atoms with E-state index in [-0.39, 0.29) is 12.4 Å². The standard InChI is InChI=1S/C5H11NO3S/c1-5(8)6-10(2,9)4-3-7/h7H,3-4H2,1-2H3. The number of aliphatic hydroxyl groups excluding tert-OH is 1. The second-order valence-electron chi connectivity index (χ2n) is 2.00. The quantitative estimate of drug-likeness (QED) is 0.606. The normalized spacial score (nSPS) is 15.9. The van der Waals surface area contributed by atoms with Crippen LogP contribution in [0.25, 0.3) is 0 Å². The van der Waals surface area contributed by atoms with Gasteiger partial charge in [-0.1, -0.05) is 0 Å². The van der Waals surface area contributed by atoms with Gasteiger partial charge in [0.15, 0.2) is 0 Å². The van der Waals surface area contributed by atoms with Crippen molar-refractivity contribution >= 4 is 15.6 Å². The Morgan fingerprint density at radius 2 is 2.20 bits per heavy atom. The zero-order valence-corrected chi connectivity index (χ0v) is 6.85. The minimum atomic E-state index is -2.46. The van der Waals surface area contributed by atoms with Crippen LogP contribution in [0.1, 0.15) is 6.92 Å². The molecule has 0 saturated heterocycles. The Hall–Kier alpha value is -0.420. The van der Waals surface area contributed by atoms with Crippen LogP contribution >= 0.6 is 0 Å². The molecule has 0 spiro atoms. The van der Waals surface area contributed by atoms with Crippen molar-refractivity contribution in [2.24, 2.45) is 4.36 Å². The number of amides is 1. The summed E-state index contributed by atoms with van der Waals surface area (Å²) in [5, 5.41) is 8.36. The largest absolute Gasteiger partial charge is 0.395 e. The third kappa shape index (κ3) is 4.46. The molecule has 0 aliphatic carbocycles. The van der Waals surface area contributed by atoms with Crippen molar-refractivity contribution in [2.45, 2.75) is 6.92 Å². The molecule has 5 heteroatoms. The third-order valence-electron chi connectivity index (χ3n) is 0.792. The Bertz CT molecular complexity index is 227. The van der Waals surface area contributed by atoms with Crippen LogP contribution in [0.4, 0.5) is 0 Å². The molecule has 1 atom stereocenters. The van der Waals surface area contributed by atoms with E-state index in [0.717, 1.165) is 0 Å². The minimum Gasteiger partial charge on any atom is -0.395 e. The van der Waals surface area contributed by atoms with Gasteiger partial charge in [0.25, 0.3) is 5.91 Å². The lowest BCUT2D eigenvalue weighted by atomic mass is 10.8. The SMILES string of the molecule is CC(=O)N=S(C)(=O)CCO. The first kappa shape index (κ1) is 9.58. The van der Waals surface area contributed by atoms with Crippen molar-refractivity contribution in [3.8, 4) is 0 Å². The van der Waals surface area contributed by atoms with Crippen LogP contribution in [0.2, 0.25) is 0 Å². The molecular weight excluding hydrogens is 154 g/mol. The molecule has 0 aliphatic rings. The highest BCUT2D eigenvalue weighted by Gasteiger charge is 2.00. The van der Waals surface area contributed by atoms with Gasteiger partial charge in [-0.2, -0.15) is 4.36 Å². The summed E-state index contributed by atoms with van der Waals surface area (Å²) in [6.07, 6.45) is 1.35. The van der Waals surface area contributed by atoms with Gasteiger partial charge in [-0.3, -0.25) is 4.79 Å². The molecule has 0 aliphatic heterocycles. The third-order valence-corrected chi connectivity index (χ3v) is 2.38. The van der Waals surface area contributed by atoms with Gasteiger partial charge in [-0.25, -0.2) is 4.21 Å². The summed E-state index contributed by atoms with van der Waals surface area (Å²) in [4.78, 5) is 10.3. The average molecular weight is 165 g/mol. The predicted octanol–water partition coefficient (Wildman–Crippen LogP) is -0.377. The Balaban J connectivity index is 4.39. The molecular formula is C5H11NO3S. The fraction of sp³-hybridized carbons (Fsp3) is 0.800. The van der Waals surface area contributed by atoms with Crippen LogP contribution in [0, 0.1) is 0 Å². The summed E-state index contributed by atoms with van der Waals surface area (Å²) in [6, 6.07) is 0. The Morgan fingerprint density at radius 1 is 1.70 bits per heavy atom. The van der Waals surface area contributed by atoms with E-state index in [4.69, 9.17) is 5.11 Å². The van der Waals surface area contributed by atoms with E-state index in [9.17, 15) is 9.00 Å². The predicted molar refractivity (Wildman–Crippen MR) is 39.1 cm³/mol. The number of nitrogens with zero attached hydrogens (tertiary/aromatic N) is 1. The first-order valence-corrected chi connectivity index (χ1v) is 4.88. The highest BCUT2D eigenvalue weighted by atomic mass is 32.2. The Labute approximate surface area is 60.4 Å². The summed E-state index contributed by atoms with van der Waals surface area (Å²) in [7, 11) is -2.46. The van der Waals surface area contributed by atoms with Gasteiger partial charge in [-0.15, -0.1) is 0 Å². The van der Waals surface area contributed by atoms with Crippen LogP contribution in [0.3, 0.4) is 0 Å². The van der Waals surface area contributed by atoms with Crippen LogP contribution in [0.5, 0.6) is 0 Å². The van der Waals surface area contributed by atoms with Crippen molar-refractivity contribution in [2.75, 3.05) is 18.6 Å². The summed E-state index contributed by atoms with van der Waals surface area (Å²) < 4.78 is 14.4. The lowest BCUT2D eigenvalue weighted by Crippen LogP contribution is -2.08. The lowest BCUT2D eigenvalue weighted by Gasteiger charge is -1.96. The minimum absolute atomic E-state index is 0.0621. The number of hydrogen-bond donors (Lipinski definition) is 1. The van der Waals surface area contributed by atoms with Crippen molar-refractivity contribution in [3.05, 3.63) is 0 Å². The Kier molecular flexibility index (Phi) is 3.52. The number of aliphatic hydroxyl groups is 1. The molecule has 1 unspecified atom stereocenters. The van der Waals surface area contributed by atoms with Gasteiger partial charge in [0.2, 0.25) is 0 Å². The van der Waals surface area contributed by atoms with Crippen molar-refractivity contribution in [3.63, 3.8) is 0 Å². The van der Waals surface area contributed by atoms with E-state index in [1.54, 1.807) is 0 Å². The molecule has 0 aromatic heterocycles. The van der Waals surface area contributed by atoms with E-state index >= 15 is 0 Å². The lowest BCUT2D eigenvalue weighted by molar-refractivity contribution is -0.115. The fourth-order valence-electron chi connectivity index (χ4n) is 0.487. The topological polar surface area (TPSA) is 66.7 Å². The molecule has 0 saturated carbocycles. The highest BCUT2D eigenvalue weighted by Crippen LogP contribution is 1.90. The molecule has 4 nitrogen and oxygen atoms in total. The molecule has 1 N–H and O–H groups in total. The van der Waals surface area contributed by atoms with E-state index in [1.165, 1.54) is 13.2 Å². The second-order valence-corrected chi connectivity index (χ2v) is 4.51. The molecule has 10 heavy (non-hydrogen) atoms. The van der Waals surface area contributed by atoms with Gasteiger partial charge in [0.1, 0.15) is 0 Å². The van der Waals surface area contributed by atoms with Crippen molar-refractivity contribution in [1.82, 2.24) is 0 Å². The maximum absolute atomic E-state index is 11.0. The molecule has 0 heterocycles. The first-order valence-electron chi connectivity index (χ1n) is 2.79. The van der Waals surface area contributed by atoms with Crippen LogP contribution in [-0.2, 0) is 14.5 Å². The number of carbonyl (C=O) groups is 1. The van der Waals surface area contributed by atoms with E-state index in [2.05, 4.69) is 4.36 Å². The smallest absolute Gasteiger partial charge is 0.250 e. The monoisotopic (exact) mass is 165 g/mol. The summed E-state index contributed by atoms with van der Waals surface area (Å²) in [5.41, 5.74) is 0. The fourth-order valence-corrected chi connectivity index (χ4v) is 1.46. The first-order chi connectivity index (χ1) is 4.48. The van der Waals surface area contributed by atoms with Crippen LogP contribution < -0.4 is 0 Å². The molecule has 0 aromatic carbocycles. The molecule has 0 radical (unpaired) electrons. The second kappa shape index (κ2) is 3.68. The van der Waals surface area contributed by atoms with Gasteiger partial charge < -0.3 is 5.11 Å². The maximum Gasteiger partial charge on any atom is 0.250 e. The average Bonchev–Trinajstić information content (AvgIpc) is 1.59. The molecule has 0 fully saturated rings. The van der Waals surface area contributed by atoms with Crippen LogP contribution in [-0.4, -0.2) is 33.8 Å². The van der Waals surface area contributed by atoms with Crippen LogP contribution in [0.15, 0.2) is 4.36 Å². The molecule has 0 aromatic rings. The summed E-state index contributed by atoms with van der Waals surface area (Å²) in [6.45, 7) is 1.03. The van der Waals surface area contributed by atoms with Crippen molar-refractivity contribution < 1.29 is 14.1 Å². The zero-order chi connectivity index (χ0) is 8.20. The van der Waals surface area contributed by atoms with Gasteiger partial charge in [0, 0.05) is 13.2 Å². The molecule has 1 amide bonds. The molecule has 0 bridgehead atoms.